The molecule has 1 aliphatic rings. The van der Waals surface area contributed by atoms with E-state index in [1.54, 1.807) is 6.33 Å². The molecule has 1 saturated heterocycles. The van der Waals surface area contributed by atoms with Crippen molar-refractivity contribution in [1.82, 2.24) is 19.5 Å². The predicted octanol–water partition coefficient (Wildman–Crippen LogP) is 3.24. The molecule has 4 N–H and O–H groups in total. The second-order valence-corrected chi connectivity index (χ2v) is 9.29. The van der Waals surface area contributed by atoms with Gasteiger partial charge >= 0.3 is 0 Å². The number of aliphatic hydroxyl groups is 2. The molecular weight excluding hydrogens is 466 g/mol. The molecule has 3 aromatic carbocycles. The maximum absolute atomic E-state index is 11.3. The SMILES string of the molecule is Nc1ncnc2c1ncn2[C@@]1(C(c2ccccc2)(c2ccccc2)c2ccccc2)C[C@H](O)[C@@H](CO)O1. The zero-order valence-corrected chi connectivity index (χ0v) is 20.1. The molecule has 1 aliphatic heterocycles. The van der Waals surface area contributed by atoms with Gasteiger partial charge in [-0.2, -0.15) is 0 Å². The molecular formula is C29H27N5O3. The molecule has 3 atom stereocenters. The summed E-state index contributed by atoms with van der Waals surface area (Å²) in [7, 11) is 0. The maximum atomic E-state index is 11.3. The normalized spacial score (nSPS) is 21.9. The fraction of sp³-hybridized carbons (Fsp3) is 0.207. The Bertz CT molecular complexity index is 1410. The Balaban J connectivity index is 1.81. The average Bonchev–Trinajstić information content (AvgIpc) is 3.54. The Morgan fingerprint density at radius 1 is 0.865 bits per heavy atom. The first-order chi connectivity index (χ1) is 18.1. The molecule has 2 aromatic heterocycles. The number of hydrogen-bond acceptors (Lipinski definition) is 7. The number of aromatic nitrogens is 4. The van der Waals surface area contributed by atoms with E-state index in [0.717, 1.165) is 16.7 Å². The quantitative estimate of drug-likeness (QED) is 0.311. The predicted molar refractivity (Wildman–Crippen MR) is 139 cm³/mol. The smallest absolute Gasteiger partial charge is 0.168 e. The highest BCUT2D eigenvalue weighted by Crippen LogP contribution is 2.57. The molecule has 0 spiro atoms. The van der Waals surface area contributed by atoms with E-state index >= 15 is 0 Å². The Morgan fingerprint density at radius 2 is 1.41 bits per heavy atom. The highest BCUT2D eigenvalue weighted by Gasteiger charge is 2.63. The second-order valence-electron chi connectivity index (χ2n) is 9.29. The summed E-state index contributed by atoms with van der Waals surface area (Å²) in [4.78, 5) is 13.2. The Labute approximate surface area is 214 Å². The molecule has 0 amide bonds. The van der Waals surface area contributed by atoms with Crippen molar-refractivity contribution in [1.29, 1.82) is 0 Å². The van der Waals surface area contributed by atoms with E-state index in [1.165, 1.54) is 6.33 Å². The van der Waals surface area contributed by atoms with Gasteiger partial charge in [0.2, 0.25) is 0 Å². The van der Waals surface area contributed by atoms with Crippen molar-refractivity contribution in [3.8, 4) is 0 Å². The van der Waals surface area contributed by atoms with E-state index in [1.807, 2.05) is 59.2 Å². The summed E-state index contributed by atoms with van der Waals surface area (Å²) >= 11 is 0. The van der Waals surface area contributed by atoms with Gasteiger partial charge in [-0.05, 0) is 16.7 Å². The van der Waals surface area contributed by atoms with Gasteiger partial charge in [-0.25, -0.2) is 15.0 Å². The minimum Gasteiger partial charge on any atom is -0.394 e. The summed E-state index contributed by atoms with van der Waals surface area (Å²) in [6.45, 7) is -0.346. The van der Waals surface area contributed by atoms with Gasteiger partial charge in [0, 0.05) is 6.42 Å². The second kappa shape index (κ2) is 9.08. The third kappa shape index (κ3) is 3.37. The molecule has 1 fully saturated rings. The first-order valence-electron chi connectivity index (χ1n) is 12.2. The minimum absolute atomic E-state index is 0.159. The highest BCUT2D eigenvalue weighted by molar-refractivity contribution is 5.81. The first-order valence-corrected chi connectivity index (χ1v) is 12.2. The number of nitrogens with zero attached hydrogens (tertiary/aromatic N) is 4. The monoisotopic (exact) mass is 493 g/mol. The number of fused-ring (bicyclic) bond motifs is 1. The van der Waals surface area contributed by atoms with E-state index < -0.39 is 23.3 Å². The van der Waals surface area contributed by atoms with Crippen LogP contribution in [0.2, 0.25) is 0 Å². The van der Waals surface area contributed by atoms with Crippen molar-refractivity contribution < 1.29 is 14.9 Å². The lowest BCUT2D eigenvalue weighted by atomic mass is 9.61. The number of hydrogen-bond donors (Lipinski definition) is 3. The summed E-state index contributed by atoms with van der Waals surface area (Å²) < 4.78 is 8.71. The molecule has 3 heterocycles. The van der Waals surface area contributed by atoms with Crippen molar-refractivity contribution >= 4 is 17.0 Å². The number of rotatable bonds is 6. The first kappa shape index (κ1) is 23.3. The van der Waals surface area contributed by atoms with Gasteiger partial charge in [-0.1, -0.05) is 91.0 Å². The number of aliphatic hydroxyl groups excluding tert-OH is 2. The lowest BCUT2D eigenvalue weighted by Crippen LogP contribution is -2.55. The minimum atomic E-state index is -1.29. The van der Waals surface area contributed by atoms with Crippen LogP contribution in [0.25, 0.3) is 11.2 Å². The van der Waals surface area contributed by atoms with Gasteiger partial charge in [0.15, 0.2) is 17.2 Å². The zero-order valence-electron chi connectivity index (χ0n) is 20.1. The molecule has 0 unspecified atom stereocenters. The summed E-state index contributed by atoms with van der Waals surface area (Å²) in [6.07, 6.45) is 1.43. The van der Waals surface area contributed by atoms with Gasteiger partial charge in [-0.15, -0.1) is 0 Å². The summed E-state index contributed by atoms with van der Waals surface area (Å²) in [5.74, 6) is 0.251. The molecule has 6 rings (SSSR count). The van der Waals surface area contributed by atoms with Crippen LogP contribution in [0.3, 0.4) is 0 Å². The maximum Gasteiger partial charge on any atom is 0.168 e. The number of imidazole rings is 1. The summed E-state index contributed by atoms with van der Waals surface area (Å²) in [5.41, 5.74) is 7.65. The lowest BCUT2D eigenvalue weighted by molar-refractivity contribution is -0.142. The Kier molecular flexibility index (Phi) is 5.72. The van der Waals surface area contributed by atoms with E-state index in [2.05, 4.69) is 51.4 Å². The van der Waals surface area contributed by atoms with Crippen LogP contribution >= 0.6 is 0 Å². The van der Waals surface area contributed by atoms with Gasteiger partial charge in [0.25, 0.3) is 0 Å². The number of nitrogen functional groups attached to an aromatic ring is 1. The van der Waals surface area contributed by atoms with Gasteiger partial charge in [-0.3, -0.25) is 4.57 Å². The van der Waals surface area contributed by atoms with Gasteiger partial charge in [0.05, 0.1) is 24.5 Å². The molecule has 0 bridgehead atoms. The molecule has 0 radical (unpaired) electrons. The van der Waals surface area contributed by atoms with Crippen molar-refractivity contribution in [2.24, 2.45) is 0 Å². The van der Waals surface area contributed by atoms with Crippen molar-refractivity contribution in [3.05, 3.63) is 120 Å². The highest BCUT2D eigenvalue weighted by atomic mass is 16.6. The molecule has 0 aliphatic carbocycles. The van der Waals surface area contributed by atoms with Crippen LogP contribution in [-0.2, 0) is 15.9 Å². The Hall–Kier alpha value is -4.11. The fourth-order valence-electron chi connectivity index (χ4n) is 5.89. The van der Waals surface area contributed by atoms with Gasteiger partial charge in [0.1, 0.15) is 17.9 Å². The molecule has 37 heavy (non-hydrogen) atoms. The van der Waals surface area contributed by atoms with E-state index in [-0.39, 0.29) is 18.8 Å². The largest absolute Gasteiger partial charge is 0.394 e. The number of nitrogens with two attached hydrogens (primary N) is 1. The van der Waals surface area contributed by atoms with Crippen molar-refractivity contribution in [3.63, 3.8) is 0 Å². The number of anilines is 1. The third-order valence-corrected chi connectivity index (χ3v) is 7.40. The summed E-state index contributed by atoms with van der Waals surface area (Å²) in [6, 6.07) is 30.2. The van der Waals surface area contributed by atoms with Crippen LogP contribution in [0.4, 0.5) is 5.82 Å². The Morgan fingerprint density at radius 3 is 1.89 bits per heavy atom. The van der Waals surface area contributed by atoms with Crippen LogP contribution in [0, 0.1) is 0 Å². The fourth-order valence-corrected chi connectivity index (χ4v) is 5.89. The van der Waals surface area contributed by atoms with Crippen molar-refractivity contribution in [2.75, 3.05) is 12.3 Å². The van der Waals surface area contributed by atoms with E-state index in [9.17, 15) is 10.2 Å². The summed E-state index contributed by atoms with van der Waals surface area (Å²) in [5, 5.41) is 21.5. The number of ether oxygens (including phenoxy) is 1. The van der Waals surface area contributed by atoms with Crippen LogP contribution in [0.5, 0.6) is 0 Å². The van der Waals surface area contributed by atoms with Crippen LogP contribution in [0.15, 0.2) is 104 Å². The van der Waals surface area contributed by atoms with Crippen LogP contribution in [-0.4, -0.2) is 48.5 Å². The molecule has 8 heteroatoms. The molecule has 186 valence electrons. The van der Waals surface area contributed by atoms with Gasteiger partial charge < -0.3 is 20.7 Å². The molecule has 0 saturated carbocycles. The zero-order chi connectivity index (χ0) is 25.5. The topological polar surface area (TPSA) is 119 Å². The standard InChI is InChI=1S/C29H27N5O3/c30-26-25-27(32-18-31-26)34(19-33-25)28(16-23(36)24(17-35)37-28)29(20-10-4-1-5-11-20,21-12-6-2-7-13-21)22-14-8-3-9-15-22/h1-15,18-19,23-24,35-36H,16-17H2,(H2,30,31,32)/t23-,24+,28-/m0/s1. The number of benzene rings is 3. The third-order valence-electron chi connectivity index (χ3n) is 7.40. The van der Waals surface area contributed by atoms with E-state index in [4.69, 9.17) is 10.5 Å². The molecule has 8 nitrogen and oxygen atoms in total. The van der Waals surface area contributed by atoms with Crippen molar-refractivity contribution in [2.45, 2.75) is 29.8 Å². The van der Waals surface area contributed by atoms with Crippen LogP contribution in [0.1, 0.15) is 23.1 Å². The van der Waals surface area contributed by atoms with Crippen LogP contribution < -0.4 is 5.73 Å². The lowest BCUT2D eigenvalue weighted by Gasteiger charge is -2.50. The molecule has 5 aromatic rings. The average molecular weight is 494 g/mol. The van der Waals surface area contributed by atoms with E-state index in [0.29, 0.717) is 11.2 Å².